The number of ether oxygens (including phenoxy) is 2. The summed E-state index contributed by atoms with van der Waals surface area (Å²) in [6.45, 7) is 3.98. The summed E-state index contributed by atoms with van der Waals surface area (Å²) >= 11 is 0. The van der Waals surface area contributed by atoms with E-state index in [1.54, 1.807) is 68.6 Å². The van der Waals surface area contributed by atoms with Crippen molar-refractivity contribution in [3.63, 3.8) is 0 Å². The zero-order valence-corrected chi connectivity index (χ0v) is 20.6. The Hall–Kier alpha value is -3.50. The van der Waals surface area contributed by atoms with Crippen LogP contribution in [0.25, 0.3) is 10.9 Å². The van der Waals surface area contributed by atoms with E-state index >= 15 is 0 Å². The molecule has 0 N–H and O–H groups in total. The molecule has 0 saturated carbocycles. The van der Waals surface area contributed by atoms with Crippen LogP contribution in [0.15, 0.2) is 59.5 Å². The summed E-state index contributed by atoms with van der Waals surface area (Å²) in [6.07, 6.45) is -1.02. The maximum atomic E-state index is 12.9. The lowest BCUT2D eigenvalue weighted by molar-refractivity contribution is -0.141. The maximum Gasteiger partial charge on any atom is 0.340 e. The third-order valence-electron chi connectivity index (χ3n) is 6.00. The van der Waals surface area contributed by atoms with Gasteiger partial charge in [-0.25, -0.2) is 13.2 Å². The lowest BCUT2D eigenvalue weighted by Crippen LogP contribution is -2.52. The molecule has 0 bridgehead atoms. The van der Waals surface area contributed by atoms with Gasteiger partial charge in [-0.2, -0.15) is 4.31 Å². The molecule has 9 nitrogen and oxygen atoms in total. The molecular weight excluding hydrogens is 470 g/mol. The lowest BCUT2D eigenvalue weighted by atomic mass is 10.1. The summed E-state index contributed by atoms with van der Waals surface area (Å²) in [7, 11) is -2.05. The van der Waals surface area contributed by atoms with Crippen LogP contribution in [0.3, 0.4) is 0 Å². The van der Waals surface area contributed by atoms with E-state index < -0.39 is 22.1 Å². The first-order valence-corrected chi connectivity index (χ1v) is 12.6. The van der Waals surface area contributed by atoms with Gasteiger partial charge in [0, 0.05) is 37.6 Å². The topological polar surface area (TPSA) is 106 Å². The van der Waals surface area contributed by atoms with Gasteiger partial charge < -0.3 is 14.4 Å². The van der Waals surface area contributed by atoms with Gasteiger partial charge in [0.1, 0.15) is 5.75 Å². The lowest BCUT2D eigenvalue weighted by Gasteiger charge is -2.35. The molecule has 1 unspecified atom stereocenters. The Kier molecular flexibility index (Phi) is 7.04. The van der Waals surface area contributed by atoms with Crippen LogP contribution in [0.2, 0.25) is 0 Å². The molecule has 1 aliphatic heterocycles. The van der Waals surface area contributed by atoms with E-state index in [0.717, 1.165) is 5.39 Å². The molecule has 1 atom stereocenters. The van der Waals surface area contributed by atoms with Crippen LogP contribution in [0, 0.1) is 6.92 Å². The molecule has 4 rings (SSSR count). The predicted octanol–water partition coefficient (Wildman–Crippen LogP) is 2.63. The number of amides is 1. The summed E-state index contributed by atoms with van der Waals surface area (Å²) in [4.78, 5) is 31.9. The van der Waals surface area contributed by atoms with Crippen LogP contribution in [-0.2, 0) is 19.6 Å². The fourth-order valence-corrected chi connectivity index (χ4v) is 5.44. The summed E-state index contributed by atoms with van der Waals surface area (Å²) < 4.78 is 37.6. The van der Waals surface area contributed by atoms with Crippen molar-refractivity contribution in [3.05, 3.63) is 65.9 Å². The van der Waals surface area contributed by atoms with Crippen LogP contribution < -0.4 is 4.74 Å². The average molecular weight is 498 g/mol. The molecular formula is C25H27N3O6S. The number of piperazine rings is 1. The van der Waals surface area contributed by atoms with Crippen molar-refractivity contribution in [2.45, 2.75) is 24.8 Å². The number of aromatic nitrogens is 1. The highest BCUT2D eigenvalue weighted by Gasteiger charge is 2.32. The third-order valence-corrected chi connectivity index (χ3v) is 7.91. The number of pyridine rings is 1. The number of nitrogens with zero attached hydrogens (tertiary/aromatic N) is 3. The number of benzene rings is 2. The number of hydrogen-bond donors (Lipinski definition) is 0. The number of sulfonamides is 1. The van der Waals surface area contributed by atoms with Crippen LogP contribution in [0.4, 0.5) is 0 Å². The largest absolute Gasteiger partial charge is 0.497 e. The van der Waals surface area contributed by atoms with Crippen molar-refractivity contribution in [2.75, 3.05) is 33.3 Å². The molecule has 1 aromatic heterocycles. The third kappa shape index (κ3) is 5.13. The molecule has 184 valence electrons. The minimum Gasteiger partial charge on any atom is -0.497 e. The van der Waals surface area contributed by atoms with E-state index in [0.29, 0.717) is 17.0 Å². The number of rotatable bonds is 6. The van der Waals surface area contributed by atoms with Gasteiger partial charge in [-0.1, -0.05) is 18.2 Å². The van der Waals surface area contributed by atoms with Gasteiger partial charge in [0.15, 0.2) is 6.10 Å². The normalized spacial score (nSPS) is 15.6. The molecule has 2 heterocycles. The van der Waals surface area contributed by atoms with Crippen LogP contribution in [0.5, 0.6) is 5.75 Å². The highest BCUT2D eigenvalue weighted by molar-refractivity contribution is 7.89. The van der Waals surface area contributed by atoms with Crippen LogP contribution in [0.1, 0.15) is 23.0 Å². The van der Waals surface area contributed by atoms with Gasteiger partial charge in [-0.05, 0) is 44.2 Å². The van der Waals surface area contributed by atoms with E-state index in [4.69, 9.17) is 9.47 Å². The second-order valence-electron chi connectivity index (χ2n) is 8.27. The van der Waals surface area contributed by atoms with Crippen molar-refractivity contribution in [2.24, 2.45) is 0 Å². The van der Waals surface area contributed by atoms with Crippen LogP contribution in [-0.4, -0.2) is 73.9 Å². The number of fused-ring (bicyclic) bond motifs is 1. The number of hydrogen-bond acceptors (Lipinski definition) is 7. The number of methoxy groups -OCH3 is 1. The minimum atomic E-state index is -3.62. The molecule has 1 aliphatic rings. The number of carbonyl (C=O) groups excluding carboxylic acids is 2. The Balaban J connectivity index is 1.39. The van der Waals surface area contributed by atoms with Gasteiger partial charge >= 0.3 is 5.97 Å². The summed E-state index contributed by atoms with van der Waals surface area (Å²) in [6, 6.07) is 15.2. The Morgan fingerprint density at radius 3 is 2.34 bits per heavy atom. The van der Waals surface area contributed by atoms with Crippen LogP contribution >= 0.6 is 0 Å². The molecule has 0 radical (unpaired) electrons. The van der Waals surface area contributed by atoms with Gasteiger partial charge in [0.25, 0.3) is 5.91 Å². The molecule has 3 aromatic rings. The predicted molar refractivity (Wildman–Crippen MR) is 130 cm³/mol. The maximum absolute atomic E-state index is 12.9. The molecule has 1 saturated heterocycles. The fraction of sp³-hybridized carbons (Fsp3) is 0.320. The Morgan fingerprint density at radius 2 is 1.69 bits per heavy atom. The molecule has 1 amide bonds. The summed E-state index contributed by atoms with van der Waals surface area (Å²) in [5.41, 5.74) is 1.45. The van der Waals surface area contributed by atoms with E-state index in [1.807, 2.05) is 0 Å². The smallest absolute Gasteiger partial charge is 0.340 e. The van der Waals surface area contributed by atoms with E-state index in [9.17, 15) is 18.0 Å². The zero-order chi connectivity index (χ0) is 25.2. The Bertz CT molecular complexity index is 1350. The van der Waals surface area contributed by atoms with Gasteiger partial charge in [0.2, 0.25) is 10.0 Å². The first-order chi connectivity index (χ1) is 16.7. The summed E-state index contributed by atoms with van der Waals surface area (Å²) in [5, 5.41) is 0.748. The molecule has 10 heteroatoms. The highest BCUT2D eigenvalue weighted by atomic mass is 32.2. The van der Waals surface area contributed by atoms with Gasteiger partial charge in [-0.3, -0.25) is 9.78 Å². The molecule has 2 aromatic carbocycles. The fourth-order valence-electron chi connectivity index (χ4n) is 4.00. The molecule has 35 heavy (non-hydrogen) atoms. The van der Waals surface area contributed by atoms with E-state index in [2.05, 4.69) is 4.98 Å². The monoisotopic (exact) mass is 497 g/mol. The average Bonchev–Trinajstić information content (AvgIpc) is 2.87. The summed E-state index contributed by atoms with van der Waals surface area (Å²) in [5.74, 6) is -0.347. The number of carbonyl (C=O) groups is 2. The number of esters is 1. The molecule has 0 aliphatic carbocycles. The second-order valence-corrected chi connectivity index (χ2v) is 10.2. The van der Waals surface area contributed by atoms with Crippen molar-refractivity contribution < 1.29 is 27.5 Å². The Morgan fingerprint density at radius 1 is 1.00 bits per heavy atom. The standard InChI is InChI=1S/C25H27N3O6S/c1-17-22(15-19-9-10-20(33-3)16-23(19)26-17)25(30)34-18(2)24(29)27-11-13-28(14-12-27)35(31,32)21-7-5-4-6-8-21/h4-10,15-16,18H,11-14H2,1-3H3. The van der Waals surface area contributed by atoms with E-state index in [-0.39, 0.29) is 42.5 Å². The van der Waals surface area contributed by atoms with E-state index in [1.165, 1.54) is 16.1 Å². The SMILES string of the molecule is COc1ccc2cc(C(=O)OC(C)C(=O)N3CCN(S(=O)(=O)c4ccccc4)CC3)c(C)nc2c1. The first-order valence-electron chi connectivity index (χ1n) is 11.2. The Labute approximate surface area is 204 Å². The van der Waals surface area contributed by atoms with Crippen molar-refractivity contribution in [3.8, 4) is 5.75 Å². The molecule has 1 fully saturated rings. The van der Waals surface area contributed by atoms with Crippen molar-refractivity contribution in [1.29, 1.82) is 0 Å². The highest BCUT2D eigenvalue weighted by Crippen LogP contribution is 2.23. The second kappa shape index (κ2) is 10.0. The van der Waals surface area contributed by atoms with Gasteiger partial charge in [0.05, 0.1) is 28.8 Å². The van der Waals surface area contributed by atoms with Crippen molar-refractivity contribution >= 4 is 32.8 Å². The first kappa shape index (κ1) is 24.6. The minimum absolute atomic E-state index is 0.167. The quantitative estimate of drug-likeness (QED) is 0.482. The van der Waals surface area contributed by atoms with Gasteiger partial charge in [-0.15, -0.1) is 0 Å². The molecule has 0 spiro atoms. The zero-order valence-electron chi connectivity index (χ0n) is 19.8. The number of aryl methyl sites for hydroxylation is 1. The van der Waals surface area contributed by atoms with Crippen molar-refractivity contribution in [1.82, 2.24) is 14.2 Å².